The van der Waals surface area contributed by atoms with Crippen LogP contribution in [0.3, 0.4) is 0 Å². The van der Waals surface area contributed by atoms with Crippen LogP contribution in [0.1, 0.15) is 12.5 Å². The number of nitrogens with zero attached hydrogens (tertiary/aromatic N) is 6. The lowest BCUT2D eigenvalue weighted by atomic mass is 10.1. The summed E-state index contributed by atoms with van der Waals surface area (Å²) >= 11 is 0. The van der Waals surface area contributed by atoms with Crippen molar-refractivity contribution in [1.29, 1.82) is 0 Å². The van der Waals surface area contributed by atoms with Gasteiger partial charge in [-0.3, -0.25) is 9.69 Å². The van der Waals surface area contributed by atoms with Crippen LogP contribution in [0, 0.1) is 5.82 Å². The Kier molecular flexibility index (Phi) is 6.12. The second kappa shape index (κ2) is 9.14. The number of rotatable bonds is 2. The van der Waals surface area contributed by atoms with Crippen molar-refractivity contribution >= 4 is 35.3 Å². The van der Waals surface area contributed by atoms with Gasteiger partial charge in [-0.05, 0) is 19.4 Å². The van der Waals surface area contributed by atoms with E-state index in [4.69, 9.17) is 9.90 Å². The van der Waals surface area contributed by atoms with Gasteiger partial charge in [-0.1, -0.05) is 0 Å². The lowest BCUT2D eigenvalue weighted by Crippen LogP contribution is -2.49. The van der Waals surface area contributed by atoms with Gasteiger partial charge in [0.15, 0.2) is 11.5 Å². The number of carboxylic acid groups (broad SMARTS) is 1. The first-order valence-corrected chi connectivity index (χ1v) is 10.1. The number of nitrogens with one attached hydrogen (secondary N) is 2. The first-order valence-electron chi connectivity index (χ1n) is 10.1. The van der Waals surface area contributed by atoms with Crippen LogP contribution in [0.5, 0.6) is 0 Å². The fourth-order valence-corrected chi connectivity index (χ4v) is 4.03. The zero-order chi connectivity index (χ0) is 22.7. The molecular formula is C20H23FN8O3. The fraction of sp³-hybridized carbons (Fsp3) is 0.350. The van der Waals surface area contributed by atoms with Crippen LogP contribution in [-0.2, 0) is 11.2 Å². The van der Waals surface area contributed by atoms with E-state index in [1.54, 1.807) is 11.1 Å². The molecule has 2 aliphatic heterocycles. The molecular weight excluding hydrogens is 419 g/mol. The molecule has 3 N–H and O–H groups in total. The SMILES string of the molecule is C[C@@H]1CN(c2ccnc3c2CCN3C(=O)Nc2cn3ncnc3cc2F)CCN1.O=CO. The number of fused-ring (bicyclic) bond motifs is 2. The van der Waals surface area contributed by atoms with E-state index in [0.717, 1.165) is 37.3 Å². The molecule has 1 atom stereocenters. The monoisotopic (exact) mass is 442 g/mol. The second-order valence-electron chi connectivity index (χ2n) is 7.47. The maximum Gasteiger partial charge on any atom is 0.327 e. The quantitative estimate of drug-likeness (QED) is 0.508. The number of carbonyl (C=O) groups is 2. The third-order valence-corrected chi connectivity index (χ3v) is 5.41. The normalized spacial score (nSPS) is 17.5. The molecule has 0 aromatic carbocycles. The summed E-state index contributed by atoms with van der Waals surface area (Å²) in [5.74, 6) is 0.0724. The van der Waals surface area contributed by atoms with Gasteiger partial charge in [-0.25, -0.2) is 23.7 Å². The average molecular weight is 442 g/mol. The molecule has 32 heavy (non-hydrogen) atoms. The number of urea groups is 1. The average Bonchev–Trinajstić information content (AvgIpc) is 3.41. The highest BCUT2D eigenvalue weighted by Gasteiger charge is 2.31. The summed E-state index contributed by atoms with van der Waals surface area (Å²) in [5.41, 5.74) is 2.61. The first kappa shape index (κ1) is 21.4. The standard InChI is InChI=1S/C19H21FN8O.CH2O2/c1-12-9-26(7-5-21-12)16-2-4-22-18-13(16)3-6-27(18)19(29)25-15-10-28-17(8-14(15)20)23-11-24-28;2-1-3/h2,4,8,10-12,21H,3,5-7,9H2,1H3,(H,25,29);1H,(H,2,3)/t12-;/m1./s1. The fourth-order valence-electron chi connectivity index (χ4n) is 4.03. The van der Waals surface area contributed by atoms with E-state index in [-0.39, 0.29) is 12.2 Å². The van der Waals surface area contributed by atoms with Gasteiger partial charge in [0.05, 0.1) is 11.9 Å². The maximum atomic E-state index is 14.3. The highest BCUT2D eigenvalue weighted by atomic mass is 19.1. The maximum absolute atomic E-state index is 14.3. The minimum Gasteiger partial charge on any atom is -0.483 e. The smallest absolute Gasteiger partial charge is 0.327 e. The molecule has 0 unspecified atom stereocenters. The lowest BCUT2D eigenvalue weighted by molar-refractivity contribution is -0.122. The molecule has 0 radical (unpaired) electrons. The number of hydrogen-bond acceptors (Lipinski definition) is 7. The number of carbonyl (C=O) groups excluding carboxylic acids is 1. The number of amides is 2. The van der Waals surface area contributed by atoms with Crippen molar-refractivity contribution in [3.8, 4) is 0 Å². The number of aromatic nitrogens is 4. The minimum absolute atomic E-state index is 0.0496. The highest BCUT2D eigenvalue weighted by molar-refractivity contribution is 6.03. The van der Waals surface area contributed by atoms with E-state index in [1.165, 1.54) is 23.1 Å². The summed E-state index contributed by atoms with van der Waals surface area (Å²) in [5, 5.41) is 17.0. The molecule has 0 saturated carbocycles. The molecule has 3 aromatic rings. The minimum atomic E-state index is -0.560. The molecule has 2 aliphatic rings. The molecule has 0 aliphatic carbocycles. The number of halogens is 1. The number of anilines is 3. The molecule has 0 spiro atoms. The largest absolute Gasteiger partial charge is 0.483 e. The molecule has 12 heteroatoms. The summed E-state index contributed by atoms with van der Waals surface area (Å²) in [6.07, 6.45) is 5.20. The van der Waals surface area contributed by atoms with Gasteiger partial charge in [-0.15, -0.1) is 0 Å². The third-order valence-electron chi connectivity index (χ3n) is 5.41. The van der Waals surface area contributed by atoms with E-state index in [2.05, 4.69) is 37.5 Å². The van der Waals surface area contributed by atoms with Crippen molar-refractivity contribution in [2.24, 2.45) is 0 Å². The summed E-state index contributed by atoms with van der Waals surface area (Å²) in [4.78, 5) is 33.5. The molecule has 11 nitrogen and oxygen atoms in total. The van der Waals surface area contributed by atoms with Crippen molar-refractivity contribution in [3.63, 3.8) is 0 Å². The van der Waals surface area contributed by atoms with Gasteiger partial charge in [0.1, 0.15) is 12.1 Å². The Morgan fingerprint density at radius 2 is 2.19 bits per heavy atom. The van der Waals surface area contributed by atoms with Crippen LogP contribution < -0.4 is 20.4 Å². The zero-order valence-corrected chi connectivity index (χ0v) is 17.4. The molecule has 1 saturated heterocycles. The Hall–Kier alpha value is -3.80. The predicted molar refractivity (Wildman–Crippen MR) is 116 cm³/mol. The van der Waals surface area contributed by atoms with Gasteiger partial charge in [0.25, 0.3) is 6.47 Å². The van der Waals surface area contributed by atoms with Gasteiger partial charge < -0.3 is 20.6 Å². The second-order valence-corrected chi connectivity index (χ2v) is 7.47. The summed E-state index contributed by atoms with van der Waals surface area (Å²) in [7, 11) is 0. The Labute approximate surface area is 182 Å². The molecule has 0 bridgehead atoms. The van der Waals surface area contributed by atoms with Gasteiger partial charge in [-0.2, -0.15) is 5.10 Å². The van der Waals surface area contributed by atoms with E-state index in [9.17, 15) is 9.18 Å². The van der Waals surface area contributed by atoms with Crippen molar-refractivity contribution in [2.45, 2.75) is 19.4 Å². The number of hydrogen-bond donors (Lipinski definition) is 3. The topological polar surface area (TPSA) is 128 Å². The van der Waals surface area contributed by atoms with Crippen LogP contribution in [0.2, 0.25) is 0 Å². The zero-order valence-electron chi connectivity index (χ0n) is 17.4. The molecule has 3 aromatic heterocycles. The molecule has 1 fully saturated rings. The molecule has 168 valence electrons. The van der Waals surface area contributed by atoms with Gasteiger partial charge >= 0.3 is 6.03 Å². The van der Waals surface area contributed by atoms with Crippen molar-refractivity contribution < 1.29 is 19.1 Å². The number of piperazine rings is 1. The van der Waals surface area contributed by atoms with Crippen LogP contribution in [-0.4, -0.2) is 69.4 Å². The molecule has 2 amide bonds. The third kappa shape index (κ3) is 4.17. The van der Waals surface area contributed by atoms with E-state index in [0.29, 0.717) is 24.1 Å². The van der Waals surface area contributed by atoms with Crippen LogP contribution in [0.25, 0.3) is 5.65 Å². The van der Waals surface area contributed by atoms with Crippen LogP contribution in [0.4, 0.5) is 26.4 Å². The van der Waals surface area contributed by atoms with Crippen molar-refractivity contribution in [1.82, 2.24) is 24.9 Å². The van der Waals surface area contributed by atoms with Gasteiger partial charge in [0.2, 0.25) is 0 Å². The predicted octanol–water partition coefficient (Wildman–Crippen LogP) is 1.36. The number of pyridine rings is 2. The Morgan fingerprint density at radius 1 is 1.38 bits per heavy atom. The Morgan fingerprint density at radius 3 is 2.97 bits per heavy atom. The summed E-state index contributed by atoms with van der Waals surface area (Å²) < 4.78 is 15.8. The van der Waals surface area contributed by atoms with E-state index >= 15 is 0 Å². The van der Waals surface area contributed by atoms with Crippen LogP contribution in [0.15, 0.2) is 30.9 Å². The Balaban J connectivity index is 0.000000775. The van der Waals surface area contributed by atoms with Crippen molar-refractivity contribution in [2.75, 3.05) is 41.3 Å². The summed E-state index contributed by atoms with van der Waals surface area (Å²) in [6, 6.07) is 3.24. The highest BCUT2D eigenvalue weighted by Crippen LogP contribution is 2.34. The van der Waals surface area contributed by atoms with E-state index < -0.39 is 11.8 Å². The Bertz CT molecular complexity index is 1140. The first-order chi connectivity index (χ1) is 15.5. The molecule has 5 rings (SSSR count). The van der Waals surface area contributed by atoms with E-state index in [1.807, 2.05) is 6.07 Å². The lowest BCUT2D eigenvalue weighted by Gasteiger charge is -2.34. The van der Waals surface area contributed by atoms with Crippen molar-refractivity contribution in [3.05, 3.63) is 42.2 Å². The van der Waals surface area contributed by atoms with Crippen LogP contribution >= 0.6 is 0 Å². The van der Waals surface area contributed by atoms with Gasteiger partial charge in [0, 0.05) is 55.7 Å². The summed E-state index contributed by atoms with van der Waals surface area (Å²) in [6.45, 7) is 5.16. The molecule has 5 heterocycles.